The quantitative estimate of drug-likeness (QED) is 0.361. The van der Waals surface area contributed by atoms with Gasteiger partial charge in [0.1, 0.15) is 0 Å². The highest BCUT2D eigenvalue weighted by atomic mass is 127. The Balaban J connectivity index is 0.00000242. The second-order valence-electron chi connectivity index (χ2n) is 6.21. The molecule has 2 unspecified atom stereocenters. The maximum Gasteiger partial charge on any atom is 0.191 e. The first kappa shape index (κ1) is 20.0. The highest BCUT2D eigenvalue weighted by Crippen LogP contribution is 2.26. The summed E-state index contributed by atoms with van der Waals surface area (Å²) in [6, 6.07) is 1.12. The molecule has 1 aliphatic heterocycles. The lowest BCUT2D eigenvalue weighted by Gasteiger charge is -2.23. The number of likely N-dealkylation sites (N-methyl/N-ethyl adjacent to an activating group) is 1. The van der Waals surface area contributed by atoms with Crippen molar-refractivity contribution in [3.8, 4) is 0 Å². The first-order chi connectivity index (χ1) is 9.91. The van der Waals surface area contributed by atoms with E-state index in [9.17, 15) is 8.42 Å². The van der Waals surface area contributed by atoms with E-state index in [1.165, 1.54) is 12.8 Å². The second-order valence-corrected chi connectivity index (χ2v) is 8.44. The molecule has 2 N–H and O–H groups in total. The maximum absolute atomic E-state index is 11.5. The fourth-order valence-electron chi connectivity index (χ4n) is 2.62. The molecule has 0 radical (unpaired) electrons. The lowest BCUT2D eigenvalue weighted by molar-refractivity contribution is 0.253. The average Bonchev–Trinajstić information content (AvgIpc) is 3.20. The van der Waals surface area contributed by atoms with E-state index in [0.717, 1.165) is 25.1 Å². The van der Waals surface area contributed by atoms with Gasteiger partial charge in [-0.2, -0.15) is 0 Å². The molecule has 0 bridgehead atoms. The number of guanidine groups is 1. The smallest absolute Gasteiger partial charge is 0.191 e. The Kier molecular flexibility index (Phi) is 7.87. The fourth-order valence-corrected chi connectivity index (χ4v) is 4.29. The molecule has 2 rings (SSSR count). The Labute approximate surface area is 151 Å². The molecule has 2 atom stereocenters. The van der Waals surface area contributed by atoms with E-state index in [-0.39, 0.29) is 41.5 Å². The van der Waals surface area contributed by atoms with Crippen LogP contribution in [0.15, 0.2) is 4.99 Å². The van der Waals surface area contributed by atoms with Crippen molar-refractivity contribution in [1.82, 2.24) is 15.5 Å². The number of hydrogen-bond acceptors (Lipinski definition) is 4. The first-order valence-corrected chi connectivity index (χ1v) is 9.70. The molecule has 130 valence electrons. The van der Waals surface area contributed by atoms with Crippen molar-refractivity contribution in [1.29, 1.82) is 0 Å². The minimum atomic E-state index is -2.86. The molecule has 1 aliphatic carbocycles. The van der Waals surface area contributed by atoms with Gasteiger partial charge in [-0.1, -0.05) is 0 Å². The van der Waals surface area contributed by atoms with Crippen molar-refractivity contribution < 1.29 is 8.42 Å². The van der Waals surface area contributed by atoms with E-state index < -0.39 is 9.84 Å². The van der Waals surface area contributed by atoms with E-state index in [1.54, 1.807) is 0 Å². The Bertz CT molecular complexity index is 479. The summed E-state index contributed by atoms with van der Waals surface area (Å²) in [6.07, 6.45) is 3.26. The van der Waals surface area contributed by atoms with Crippen molar-refractivity contribution in [2.75, 3.05) is 31.6 Å². The highest BCUT2D eigenvalue weighted by Gasteiger charge is 2.30. The van der Waals surface area contributed by atoms with Crippen molar-refractivity contribution >= 4 is 39.8 Å². The van der Waals surface area contributed by atoms with Gasteiger partial charge in [-0.05, 0) is 40.2 Å². The molecular weight excluding hydrogens is 415 g/mol. The van der Waals surface area contributed by atoms with E-state index in [0.29, 0.717) is 12.5 Å². The molecule has 0 aromatic rings. The number of sulfone groups is 1. The zero-order chi connectivity index (χ0) is 15.5. The summed E-state index contributed by atoms with van der Waals surface area (Å²) in [6.45, 7) is 5.70. The van der Waals surface area contributed by atoms with Crippen molar-refractivity contribution in [3.05, 3.63) is 0 Å². The molecule has 8 heteroatoms. The van der Waals surface area contributed by atoms with Gasteiger partial charge in [-0.25, -0.2) is 8.42 Å². The van der Waals surface area contributed by atoms with Gasteiger partial charge in [0, 0.05) is 24.7 Å². The predicted octanol–water partition coefficient (Wildman–Crippen LogP) is 0.829. The number of nitrogens with one attached hydrogen (secondary N) is 2. The van der Waals surface area contributed by atoms with Crippen LogP contribution in [0.2, 0.25) is 0 Å². The van der Waals surface area contributed by atoms with Gasteiger partial charge < -0.3 is 10.6 Å². The molecule has 22 heavy (non-hydrogen) atoms. The van der Waals surface area contributed by atoms with Crippen molar-refractivity contribution in [3.63, 3.8) is 0 Å². The highest BCUT2D eigenvalue weighted by molar-refractivity contribution is 14.0. The summed E-state index contributed by atoms with van der Waals surface area (Å²) in [5.41, 5.74) is 0. The molecule has 1 heterocycles. The summed E-state index contributed by atoms with van der Waals surface area (Å²) in [5.74, 6) is 1.23. The van der Waals surface area contributed by atoms with Crippen LogP contribution >= 0.6 is 24.0 Å². The normalized spacial score (nSPS) is 25.6. The van der Waals surface area contributed by atoms with Crippen LogP contribution in [-0.2, 0) is 9.84 Å². The van der Waals surface area contributed by atoms with E-state index in [2.05, 4.69) is 34.5 Å². The summed E-state index contributed by atoms with van der Waals surface area (Å²) in [4.78, 5) is 7.00. The van der Waals surface area contributed by atoms with E-state index in [1.807, 2.05) is 6.92 Å². The third-order valence-corrected chi connectivity index (χ3v) is 6.02. The summed E-state index contributed by atoms with van der Waals surface area (Å²) >= 11 is 0. The zero-order valence-corrected chi connectivity index (χ0v) is 16.9. The minimum Gasteiger partial charge on any atom is -0.357 e. The first-order valence-electron chi connectivity index (χ1n) is 7.88. The van der Waals surface area contributed by atoms with Gasteiger partial charge in [0.2, 0.25) is 0 Å². The lowest BCUT2D eigenvalue weighted by atomic mass is 10.3. The largest absolute Gasteiger partial charge is 0.357 e. The predicted molar refractivity (Wildman–Crippen MR) is 102 cm³/mol. The van der Waals surface area contributed by atoms with Gasteiger partial charge in [-0.15, -0.1) is 24.0 Å². The van der Waals surface area contributed by atoms with Crippen LogP contribution in [0.1, 0.15) is 33.1 Å². The van der Waals surface area contributed by atoms with Crippen molar-refractivity contribution in [2.24, 2.45) is 4.99 Å². The van der Waals surface area contributed by atoms with Gasteiger partial charge in [-0.3, -0.25) is 9.89 Å². The van der Waals surface area contributed by atoms with E-state index in [4.69, 9.17) is 0 Å². The van der Waals surface area contributed by atoms with Crippen LogP contribution in [0.25, 0.3) is 0 Å². The number of aliphatic imine (C=N–C) groups is 1. The maximum atomic E-state index is 11.5. The Morgan fingerprint density at radius 2 is 2.05 bits per heavy atom. The molecule has 0 amide bonds. The van der Waals surface area contributed by atoms with Gasteiger partial charge in [0.05, 0.1) is 18.1 Å². The third-order valence-electron chi connectivity index (χ3n) is 4.25. The van der Waals surface area contributed by atoms with Gasteiger partial charge in [0.15, 0.2) is 15.8 Å². The standard InChI is InChI=1S/C14H28N4O2S.HI/c1-4-15-14(17-12-7-8-21(19,20)10-12)16-9-11(2)18(3)13-5-6-13;/h11-13H,4-10H2,1-3H3,(H2,15,16,17);1H. The van der Waals surface area contributed by atoms with Gasteiger partial charge in [0.25, 0.3) is 0 Å². The fraction of sp³-hybridized carbons (Fsp3) is 0.929. The lowest BCUT2D eigenvalue weighted by Crippen LogP contribution is -2.45. The molecule has 0 aromatic carbocycles. The van der Waals surface area contributed by atoms with Crippen LogP contribution in [0, 0.1) is 0 Å². The topological polar surface area (TPSA) is 73.8 Å². The van der Waals surface area contributed by atoms with Crippen LogP contribution in [0.3, 0.4) is 0 Å². The third kappa shape index (κ3) is 6.19. The zero-order valence-electron chi connectivity index (χ0n) is 13.7. The molecule has 2 aliphatic rings. The average molecular weight is 444 g/mol. The minimum absolute atomic E-state index is 0. The van der Waals surface area contributed by atoms with E-state index >= 15 is 0 Å². The summed E-state index contributed by atoms with van der Waals surface area (Å²) in [7, 11) is -0.703. The monoisotopic (exact) mass is 444 g/mol. The van der Waals surface area contributed by atoms with Crippen LogP contribution in [0.4, 0.5) is 0 Å². The number of nitrogens with zero attached hydrogens (tertiary/aromatic N) is 2. The Hall–Kier alpha value is -0.0900. The molecule has 1 saturated carbocycles. The van der Waals surface area contributed by atoms with Crippen molar-refractivity contribution in [2.45, 2.75) is 51.2 Å². The molecule has 6 nitrogen and oxygen atoms in total. The molecule has 1 saturated heterocycles. The molecule has 0 aromatic heterocycles. The molecule has 2 fully saturated rings. The van der Waals surface area contributed by atoms with Crippen LogP contribution < -0.4 is 10.6 Å². The molecule has 0 spiro atoms. The molecular formula is C14H29IN4O2S. The van der Waals surface area contributed by atoms with Crippen LogP contribution in [-0.4, -0.2) is 69.0 Å². The Morgan fingerprint density at radius 3 is 2.55 bits per heavy atom. The SMILES string of the molecule is CCNC(=NCC(C)N(C)C1CC1)NC1CCS(=O)(=O)C1.I. The summed E-state index contributed by atoms with van der Waals surface area (Å²) in [5, 5.41) is 6.45. The number of halogens is 1. The van der Waals surface area contributed by atoms with Crippen LogP contribution in [0.5, 0.6) is 0 Å². The summed E-state index contributed by atoms with van der Waals surface area (Å²) < 4.78 is 23.0. The number of rotatable bonds is 6. The second kappa shape index (κ2) is 8.68. The Morgan fingerprint density at radius 1 is 1.36 bits per heavy atom. The number of hydrogen-bond donors (Lipinski definition) is 2. The van der Waals surface area contributed by atoms with Gasteiger partial charge >= 0.3 is 0 Å².